The molecule has 0 saturated carbocycles. The summed E-state index contributed by atoms with van der Waals surface area (Å²) in [4.78, 5) is 0. The summed E-state index contributed by atoms with van der Waals surface area (Å²) in [6.07, 6.45) is 3.44. The highest BCUT2D eigenvalue weighted by atomic mass is 79.9. The molecule has 1 aromatic heterocycles. The second-order valence-electron chi connectivity index (χ2n) is 3.86. The number of aromatic nitrogens is 3. The highest BCUT2D eigenvalue weighted by molar-refractivity contribution is 9.10. The third-order valence-electron chi connectivity index (χ3n) is 2.43. The summed E-state index contributed by atoms with van der Waals surface area (Å²) in [6, 6.07) is 8.14. The predicted octanol–water partition coefficient (Wildman–Crippen LogP) is 2.01. The van der Waals surface area contributed by atoms with Crippen LogP contribution in [0.3, 0.4) is 0 Å². The fourth-order valence-corrected chi connectivity index (χ4v) is 1.83. The van der Waals surface area contributed by atoms with Gasteiger partial charge in [0.2, 0.25) is 0 Å². The van der Waals surface area contributed by atoms with E-state index in [9.17, 15) is 0 Å². The van der Waals surface area contributed by atoms with Gasteiger partial charge >= 0.3 is 0 Å². The summed E-state index contributed by atoms with van der Waals surface area (Å²) in [6.45, 7) is 0.916. The fourth-order valence-electron chi connectivity index (χ4n) is 1.57. The SMILES string of the molecule is OCCCc1cn(Cc2ccc(Br)cc2)nn1. The van der Waals surface area contributed by atoms with Gasteiger partial charge < -0.3 is 5.11 Å². The first-order valence-electron chi connectivity index (χ1n) is 5.52. The minimum absolute atomic E-state index is 0.194. The van der Waals surface area contributed by atoms with Crippen LogP contribution in [0, 0.1) is 0 Å². The van der Waals surface area contributed by atoms with Gasteiger partial charge in [-0.05, 0) is 30.5 Å². The van der Waals surface area contributed by atoms with Gasteiger partial charge in [-0.25, -0.2) is 4.68 Å². The first kappa shape index (κ1) is 12.3. The lowest BCUT2D eigenvalue weighted by Crippen LogP contribution is -2.00. The zero-order valence-electron chi connectivity index (χ0n) is 9.38. The van der Waals surface area contributed by atoms with Crippen LogP contribution in [0.25, 0.3) is 0 Å². The maximum absolute atomic E-state index is 8.74. The van der Waals surface area contributed by atoms with Gasteiger partial charge in [0.05, 0.1) is 12.2 Å². The van der Waals surface area contributed by atoms with Crippen LogP contribution < -0.4 is 0 Å². The highest BCUT2D eigenvalue weighted by Gasteiger charge is 2.01. The molecule has 1 N–H and O–H groups in total. The average molecular weight is 296 g/mol. The lowest BCUT2D eigenvalue weighted by atomic mass is 10.2. The molecule has 17 heavy (non-hydrogen) atoms. The van der Waals surface area contributed by atoms with Crippen LogP contribution in [-0.4, -0.2) is 26.7 Å². The number of hydrogen-bond acceptors (Lipinski definition) is 3. The molecule has 0 radical (unpaired) electrons. The van der Waals surface area contributed by atoms with Gasteiger partial charge in [-0.15, -0.1) is 5.10 Å². The maximum atomic E-state index is 8.74. The van der Waals surface area contributed by atoms with Gasteiger partial charge in [-0.1, -0.05) is 33.3 Å². The van der Waals surface area contributed by atoms with Crippen molar-refractivity contribution in [3.63, 3.8) is 0 Å². The molecule has 0 unspecified atom stereocenters. The first-order chi connectivity index (χ1) is 8.28. The van der Waals surface area contributed by atoms with E-state index < -0.39 is 0 Å². The van der Waals surface area contributed by atoms with Crippen molar-refractivity contribution in [1.29, 1.82) is 0 Å². The molecule has 0 aliphatic rings. The van der Waals surface area contributed by atoms with Crippen molar-refractivity contribution >= 4 is 15.9 Å². The van der Waals surface area contributed by atoms with E-state index in [1.165, 1.54) is 5.56 Å². The second-order valence-corrected chi connectivity index (χ2v) is 4.78. The third kappa shape index (κ3) is 3.64. The summed E-state index contributed by atoms with van der Waals surface area (Å²) < 4.78 is 2.89. The van der Waals surface area contributed by atoms with Crippen LogP contribution in [0.15, 0.2) is 34.9 Å². The summed E-state index contributed by atoms with van der Waals surface area (Å²) >= 11 is 3.40. The molecule has 4 nitrogen and oxygen atoms in total. The van der Waals surface area contributed by atoms with E-state index in [1.54, 1.807) is 0 Å². The molecule has 1 aromatic carbocycles. The molecule has 0 aliphatic carbocycles. The van der Waals surface area contributed by atoms with Gasteiger partial charge in [-0.2, -0.15) is 0 Å². The average Bonchev–Trinajstić information content (AvgIpc) is 2.77. The molecule has 5 heteroatoms. The first-order valence-corrected chi connectivity index (χ1v) is 6.31. The van der Waals surface area contributed by atoms with Crippen LogP contribution in [0.2, 0.25) is 0 Å². The van der Waals surface area contributed by atoms with E-state index in [2.05, 4.69) is 38.4 Å². The Morgan fingerprint density at radius 1 is 1.24 bits per heavy atom. The Kier molecular flexibility index (Phi) is 4.28. The quantitative estimate of drug-likeness (QED) is 0.918. The predicted molar refractivity (Wildman–Crippen MR) is 68.7 cm³/mol. The number of halogens is 1. The van der Waals surface area contributed by atoms with Crippen molar-refractivity contribution in [3.8, 4) is 0 Å². The topological polar surface area (TPSA) is 50.9 Å². The van der Waals surface area contributed by atoms with E-state index >= 15 is 0 Å². The molecule has 0 atom stereocenters. The number of aliphatic hydroxyl groups is 1. The molecule has 90 valence electrons. The third-order valence-corrected chi connectivity index (χ3v) is 2.96. The Morgan fingerprint density at radius 3 is 2.71 bits per heavy atom. The maximum Gasteiger partial charge on any atom is 0.0828 e. The molecule has 0 aliphatic heterocycles. The number of aryl methyl sites for hydroxylation is 1. The molecule has 0 fully saturated rings. The second kappa shape index (κ2) is 5.93. The van der Waals surface area contributed by atoms with Crippen LogP contribution in [0.4, 0.5) is 0 Å². The fraction of sp³-hybridized carbons (Fsp3) is 0.333. The van der Waals surface area contributed by atoms with Crippen molar-refractivity contribution in [2.45, 2.75) is 19.4 Å². The zero-order chi connectivity index (χ0) is 12.1. The smallest absolute Gasteiger partial charge is 0.0828 e. The van der Waals surface area contributed by atoms with Crippen molar-refractivity contribution in [2.75, 3.05) is 6.61 Å². The van der Waals surface area contributed by atoms with Crippen molar-refractivity contribution < 1.29 is 5.11 Å². The Bertz CT molecular complexity index is 467. The number of rotatable bonds is 5. The van der Waals surface area contributed by atoms with E-state index in [-0.39, 0.29) is 6.61 Å². The van der Waals surface area contributed by atoms with E-state index in [4.69, 9.17) is 5.11 Å². The summed E-state index contributed by atoms with van der Waals surface area (Å²) in [5.74, 6) is 0. The van der Waals surface area contributed by atoms with Gasteiger partial charge in [0.1, 0.15) is 0 Å². The zero-order valence-corrected chi connectivity index (χ0v) is 11.0. The monoisotopic (exact) mass is 295 g/mol. The number of benzene rings is 1. The number of nitrogens with zero attached hydrogens (tertiary/aromatic N) is 3. The number of hydrogen-bond donors (Lipinski definition) is 1. The lowest BCUT2D eigenvalue weighted by molar-refractivity contribution is 0.288. The molecular formula is C12H14BrN3O. The molecular weight excluding hydrogens is 282 g/mol. The molecule has 0 bridgehead atoms. The minimum atomic E-state index is 0.194. The van der Waals surface area contributed by atoms with Crippen LogP contribution >= 0.6 is 15.9 Å². The standard InChI is InChI=1S/C12H14BrN3O/c13-11-5-3-10(4-6-11)8-16-9-12(14-15-16)2-1-7-17/h3-6,9,17H,1-2,7-8H2. The largest absolute Gasteiger partial charge is 0.396 e. The van der Waals surface area contributed by atoms with Crippen molar-refractivity contribution in [2.24, 2.45) is 0 Å². The molecule has 2 rings (SSSR count). The lowest BCUT2D eigenvalue weighted by Gasteiger charge is -2.00. The Labute approximate surface area is 108 Å². The molecule has 1 heterocycles. The van der Waals surface area contributed by atoms with Crippen LogP contribution in [0.1, 0.15) is 17.7 Å². The van der Waals surface area contributed by atoms with Crippen LogP contribution in [0.5, 0.6) is 0 Å². The van der Waals surface area contributed by atoms with E-state index in [0.717, 1.165) is 29.6 Å². The Morgan fingerprint density at radius 2 is 2.00 bits per heavy atom. The van der Waals surface area contributed by atoms with Gasteiger partial charge in [0, 0.05) is 17.3 Å². The van der Waals surface area contributed by atoms with Gasteiger partial charge in [0.25, 0.3) is 0 Å². The van der Waals surface area contributed by atoms with E-state index in [0.29, 0.717) is 0 Å². The van der Waals surface area contributed by atoms with Gasteiger partial charge in [0.15, 0.2) is 0 Å². The summed E-state index contributed by atoms with van der Waals surface area (Å²) in [5, 5.41) is 16.9. The summed E-state index contributed by atoms with van der Waals surface area (Å²) in [5.41, 5.74) is 2.11. The highest BCUT2D eigenvalue weighted by Crippen LogP contribution is 2.11. The molecule has 2 aromatic rings. The minimum Gasteiger partial charge on any atom is -0.396 e. The number of aliphatic hydroxyl groups excluding tert-OH is 1. The Balaban J connectivity index is 1.98. The molecule has 0 spiro atoms. The molecule has 0 amide bonds. The van der Waals surface area contributed by atoms with E-state index in [1.807, 2.05) is 23.0 Å². The van der Waals surface area contributed by atoms with Gasteiger partial charge in [-0.3, -0.25) is 0 Å². The van der Waals surface area contributed by atoms with Crippen LogP contribution in [-0.2, 0) is 13.0 Å². The Hall–Kier alpha value is -1.20. The normalized spacial score (nSPS) is 10.7. The molecule has 0 saturated heterocycles. The summed E-state index contributed by atoms with van der Waals surface area (Å²) in [7, 11) is 0. The van der Waals surface area contributed by atoms with Crippen molar-refractivity contribution in [3.05, 3.63) is 46.2 Å². The van der Waals surface area contributed by atoms with Crippen molar-refractivity contribution in [1.82, 2.24) is 15.0 Å².